The van der Waals surface area contributed by atoms with Crippen LogP contribution in [0.3, 0.4) is 0 Å². The lowest BCUT2D eigenvalue weighted by Gasteiger charge is -2.22. The summed E-state index contributed by atoms with van der Waals surface area (Å²) in [5.41, 5.74) is 3.71. The first-order valence-electron chi connectivity index (χ1n) is 6.02. The molecule has 2 rings (SSSR count). The first kappa shape index (κ1) is 11.4. The zero-order valence-corrected chi connectivity index (χ0v) is 10.5. The minimum atomic E-state index is 0.887. The number of nitrogens with zero attached hydrogens (tertiary/aromatic N) is 2. The number of anilines is 1. The fourth-order valence-electron chi connectivity index (χ4n) is 2.04. The third kappa shape index (κ3) is 2.73. The Labute approximate surface area is 97.9 Å². The molecule has 0 amide bonds. The van der Waals surface area contributed by atoms with Crippen LogP contribution in [-0.4, -0.2) is 25.6 Å². The van der Waals surface area contributed by atoms with E-state index in [0.717, 1.165) is 18.2 Å². The van der Waals surface area contributed by atoms with Crippen molar-refractivity contribution in [1.29, 1.82) is 0 Å². The van der Waals surface area contributed by atoms with Gasteiger partial charge in [-0.1, -0.05) is 0 Å². The summed E-state index contributed by atoms with van der Waals surface area (Å²) in [6, 6.07) is 2.19. The van der Waals surface area contributed by atoms with E-state index in [4.69, 9.17) is 0 Å². The van der Waals surface area contributed by atoms with E-state index < -0.39 is 0 Å². The van der Waals surface area contributed by atoms with Crippen LogP contribution < -0.4 is 10.2 Å². The Morgan fingerprint density at radius 1 is 1.50 bits per heavy atom. The Balaban J connectivity index is 2.17. The van der Waals surface area contributed by atoms with Crippen LogP contribution in [0.4, 0.5) is 5.69 Å². The van der Waals surface area contributed by atoms with Crippen LogP contribution in [0.15, 0.2) is 12.3 Å². The number of hydrogen-bond donors (Lipinski definition) is 1. The Kier molecular flexibility index (Phi) is 3.44. The lowest BCUT2D eigenvalue weighted by molar-refractivity contribution is 0.763. The van der Waals surface area contributed by atoms with Crippen molar-refractivity contribution in [3.05, 3.63) is 23.5 Å². The zero-order chi connectivity index (χ0) is 11.5. The van der Waals surface area contributed by atoms with Crippen molar-refractivity contribution in [1.82, 2.24) is 10.3 Å². The maximum Gasteiger partial charge on any atom is 0.0443 e. The van der Waals surface area contributed by atoms with Gasteiger partial charge >= 0.3 is 0 Å². The van der Waals surface area contributed by atoms with Crippen molar-refractivity contribution in [3.63, 3.8) is 0 Å². The number of nitrogens with one attached hydrogen (secondary N) is 1. The Hall–Kier alpha value is -1.09. The molecule has 3 heteroatoms. The average molecular weight is 219 g/mol. The van der Waals surface area contributed by atoms with Gasteiger partial charge in [0.1, 0.15) is 0 Å². The molecule has 0 radical (unpaired) electrons. The summed E-state index contributed by atoms with van der Waals surface area (Å²) in [5.74, 6) is 0.918. The van der Waals surface area contributed by atoms with Gasteiger partial charge in [-0.05, 0) is 38.8 Å². The fourth-order valence-corrected chi connectivity index (χ4v) is 2.04. The Morgan fingerprint density at radius 3 is 2.88 bits per heavy atom. The van der Waals surface area contributed by atoms with Gasteiger partial charge in [-0.2, -0.15) is 0 Å². The SMILES string of the molecule is CNCc1cnc(C)cc1N(C)CC1CC1. The highest BCUT2D eigenvalue weighted by Gasteiger charge is 2.23. The number of pyridine rings is 1. The first-order valence-corrected chi connectivity index (χ1v) is 6.02. The van der Waals surface area contributed by atoms with Crippen LogP contribution in [-0.2, 0) is 6.54 Å². The number of rotatable bonds is 5. The van der Waals surface area contributed by atoms with Gasteiger partial charge in [0, 0.05) is 43.3 Å². The third-order valence-corrected chi connectivity index (χ3v) is 3.11. The molecule has 0 saturated heterocycles. The highest BCUT2D eigenvalue weighted by atomic mass is 15.1. The molecule has 1 heterocycles. The molecule has 0 unspecified atom stereocenters. The van der Waals surface area contributed by atoms with Crippen molar-refractivity contribution in [2.24, 2.45) is 5.92 Å². The van der Waals surface area contributed by atoms with Crippen LogP contribution in [0.25, 0.3) is 0 Å². The van der Waals surface area contributed by atoms with Gasteiger partial charge in [-0.15, -0.1) is 0 Å². The lowest BCUT2D eigenvalue weighted by Crippen LogP contribution is -2.22. The van der Waals surface area contributed by atoms with Crippen molar-refractivity contribution < 1.29 is 0 Å². The van der Waals surface area contributed by atoms with Crippen LogP contribution in [0.1, 0.15) is 24.1 Å². The maximum atomic E-state index is 4.37. The van der Waals surface area contributed by atoms with Crippen LogP contribution in [0.5, 0.6) is 0 Å². The molecule has 1 aliphatic carbocycles. The predicted octanol–water partition coefficient (Wildman–Crippen LogP) is 1.96. The highest BCUT2D eigenvalue weighted by Crippen LogP contribution is 2.31. The molecule has 1 aromatic rings. The smallest absolute Gasteiger partial charge is 0.0443 e. The third-order valence-electron chi connectivity index (χ3n) is 3.11. The number of hydrogen-bond acceptors (Lipinski definition) is 3. The van der Waals surface area contributed by atoms with Gasteiger partial charge in [0.25, 0.3) is 0 Å². The molecule has 1 N–H and O–H groups in total. The second kappa shape index (κ2) is 4.83. The molecular formula is C13H21N3. The van der Waals surface area contributed by atoms with E-state index in [1.807, 2.05) is 13.2 Å². The minimum Gasteiger partial charge on any atom is -0.374 e. The van der Waals surface area contributed by atoms with Crippen LogP contribution in [0.2, 0.25) is 0 Å². The summed E-state index contributed by atoms with van der Waals surface area (Å²) in [7, 11) is 4.16. The maximum absolute atomic E-state index is 4.37. The summed E-state index contributed by atoms with van der Waals surface area (Å²) in [6.45, 7) is 4.12. The van der Waals surface area contributed by atoms with Crippen molar-refractivity contribution in [3.8, 4) is 0 Å². The lowest BCUT2D eigenvalue weighted by atomic mass is 10.2. The summed E-state index contributed by atoms with van der Waals surface area (Å²) in [6.07, 6.45) is 4.79. The van der Waals surface area contributed by atoms with Crippen LogP contribution >= 0.6 is 0 Å². The Morgan fingerprint density at radius 2 is 2.25 bits per heavy atom. The van der Waals surface area contributed by atoms with Crippen molar-refractivity contribution in [2.45, 2.75) is 26.3 Å². The van der Waals surface area contributed by atoms with E-state index in [9.17, 15) is 0 Å². The standard InChI is InChI=1S/C13H21N3/c1-10-6-13(12(7-14-2)8-15-10)16(3)9-11-4-5-11/h6,8,11,14H,4-5,7,9H2,1-3H3. The normalized spacial score (nSPS) is 15.2. The quantitative estimate of drug-likeness (QED) is 0.820. The second-order valence-electron chi connectivity index (χ2n) is 4.81. The van der Waals surface area contributed by atoms with Gasteiger partial charge in [0.2, 0.25) is 0 Å². The van der Waals surface area contributed by atoms with Gasteiger partial charge in [0.05, 0.1) is 0 Å². The average Bonchev–Trinajstić information content (AvgIpc) is 3.05. The van der Waals surface area contributed by atoms with Crippen molar-refractivity contribution >= 4 is 5.69 Å². The fraction of sp³-hybridized carbons (Fsp3) is 0.615. The van der Waals surface area contributed by atoms with Gasteiger partial charge in [-0.25, -0.2) is 0 Å². The van der Waals surface area contributed by atoms with E-state index in [1.54, 1.807) is 0 Å². The monoisotopic (exact) mass is 219 g/mol. The van der Waals surface area contributed by atoms with E-state index in [0.29, 0.717) is 0 Å². The van der Waals surface area contributed by atoms with E-state index >= 15 is 0 Å². The number of aryl methyl sites for hydroxylation is 1. The molecule has 0 atom stereocenters. The van der Waals surface area contributed by atoms with E-state index in [-0.39, 0.29) is 0 Å². The zero-order valence-electron chi connectivity index (χ0n) is 10.5. The summed E-state index contributed by atoms with van der Waals surface area (Å²) >= 11 is 0. The molecule has 1 aromatic heterocycles. The summed E-state index contributed by atoms with van der Waals surface area (Å²) in [4.78, 5) is 6.74. The summed E-state index contributed by atoms with van der Waals surface area (Å²) < 4.78 is 0. The minimum absolute atomic E-state index is 0.887. The topological polar surface area (TPSA) is 28.2 Å². The molecule has 3 nitrogen and oxygen atoms in total. The molecule has 88 valence electrons. The largest absolute Gasteiger partial charge is 0.374 e. The Bertz CT molecular complexity index is 358. The molecule has 16 heavy (non-hydrogen) atoms. The molecule has 1 saturated carbocycles. The van der Waals surface area contributed by atoms with Crippen LogP contribution in [0, 0.1) is 12.8 Å². The number of aromatic nitrogens is 1. The molecule has 0 spiro atoms. The first-order chi connectivity index (χ1) is 7.70. The van der Waals surface area contributed by atoms with E-state index in [2.05, 4.69) is 35.2 Å². The molecule has 0 aliphatic heterocycles. The van der Waals surface area contributed by atoms with E-state index in [1.165, 1.54) is 30.6 Å². The highest BCUT2D eigenvalue weighted by molar-refractivity contribution is 5.53. The molecule has 1 fully saturated rings. The van der Waals surface area contributed by atoms with Gasteiger partial charge in [0.15, 0.2) is 0 Å². The summed E-state index contributed by atoms with van der Waals surface area (Å²) in [5, 5.41) is 3.20. The van der Waals surface area contributed by atoms with Gasteiger partial charge < -0.3 is 10.2 Å². The molecular weight excluding hydrogens is 198 g/mol. The predicted molar refractivity (Wildman–Crippen MR) is 67.7 cm³/mol. The molecule has 1 aliphatic rings. The van der Waals surface area contributed by atoms with Crippen molar-refractivity contribution in [2.75, 3.05) is 25.5 Å². The molecule has 0 aromatic carbocycles. The van der Waals surface area contributed by atoms with Gasteiger partial charge in [-0.3, -0.25) is 4.98 Å². The second-order valence-corrected chi connectivity index (χ2v) is 4.81. The molecule has 0 bridgehead atoms.